The topological polar surface area (TPSA) is 79.2 Å². The lowest BCUT2D eigenvalue weighted by Crippen LogP contribution is -2.23. The summed E-state index contributed by atoms with van der Waals surface area (Å²) in [5.74, 6) is 0.639. The number of rotatable bonds is 8. The van der Waals surface area contributed by atoms with Crippen molar-refractivity contribution in [3.8, 4) is 11.8 Å². The van der Waals surface area contributed by atoms with Crippen LogP contribution < -0.4 is 10.1 Å². The Bertz CT molecular complexity index is 776. The fourth-order valence-electron chi connectivity index (χ4n) is 2.25. The molecule has 0 saturated heterocycles. The molecule has 2 rings (SSSR count). The molecule has 0 fully saturated rings. The van der Waals surface area contributed by atoms with Gasteiger partial charge in [-0.15, -0.1) is 0 Å². The summed E-state index contributed by atoms with van der Waals surface area (Å²) < 4.78 is 5.56. The van der Waals surface area contributed by atoms with Crippen LogP contribution in [0, 0.1) is 11.3 Å². The van der Waals surface area contributed by atoms with E-state index in [1.54, 1.807) is 42.5 Å². The van der Waals surface area contributed by atoms with Crippen LogP contribution in [-0.2, 0) is 11.3 Å². The Morgan fingerprint density at radius 1 is 1.16 bits per heavy atom. The monoisotopic (exact) mass is 336 g/mol. The predicted molar refractivity (Wildman–Crippen MR) is 94.2 cm³/mol. The molecule has 0 aliphatic rings. The number of nitrogens with one attached hydrogen (secondary N) is 1. The van der Waals surface area contributed by atoms with Crippen LogP contribution in [0.1, 0.15) is 41.3 Å². The minimum Gasteiger partial charge on any atom is -0.494 e. The van der Waals surface area contributed by atoms with Crippen molar-refractivity contribution >= 4 is 11.7 Å². The number of carbonyl (C=O) groups is 2. The first kappa shape index (κ1) is 18.2. The summed E-state index contributed by atoms with van der Waals surface area (Å²) in [6.07, 6.45) is 0.960. The maximum atomic E-state index is 11.8. The van der Waals surface area contributed by atoms with Crippen molar-refractivity contribution in [2.24, 2.45) is 0 Å². The molecule has 5 heteroatoms. The minimum atomic E-state index is -0.0575. The van der Waals surface area contributed by atoms with Crippen LogP contribution in [0.3, 0.4) is 0 Å². The van der Waals surface area contributed by atoms with Gasteiger partial charge < -0.3 is 10.1 Å². The smallest absolute Gasteiger partial charge is 0.220 e. The molecule has 0 aromatic heterocycles. The van der Waals surface area contributed by atoms with Gasteiger partial charge in [0.25, 0.3) is 0 Å². The summed E-state index contributed by atoms with van der Waals surface area (Å²) in [5.41, 5.74) is 2.12. The molecule has 5 nitrogen and oxygen atoms in total. The van der Waals surface area contributed by atoms with E-state index in [0.717, 1.165) is 5.56 Å². The van der Waals surface area contributed by atoms with E-state index in [1.165, 1.54) is 6.92 Å². The van der Waals surface area contributed by atoms with Crippen LogP contribution in [0.2, 0.25) is 0 Å². The molecule has 25 heavy (non-hydrogen) atoms. The van der Waals surface area contributed by atoms with E-state index in [-0.39, 0.29) is 11.7 Å². The SMILES string of the molecule is CC(=O)c1ccc(OCCCC(=O)NCc2cccc(C#N)c2)cc1. The number of amides is 1. The molecule has 0 heterocycles. The molecule has 128 valence electrons. The van der Waals surface area contributed by atoms with Gasteiger partial charge in [0.1, 0.15) is 5.75 Å². The minimum absolute atomic E-state index is 0.0172. The predicted octanol–water partition coefficient (Wildman–Crippen LogP) is 3.24. The number of Topliss-reactive ketones (excluding diaryl/α,β-unsaturated/α-hetero) is 1. The van der Waals surface area contributed by atoms with Gasteiger partial charge in [-0.1, -0.05) is 12.1 Å². The van der Waals surface area contributed by atoms with Gasteiger partial charge in [0.2, 0.25) is 5.91 Å². The Kier molecular flexibility index (Phi) is 6.73. The first-order valence-electron chi connectivity index (χ1n) is 8.08. The second-order valence-corrected chi connectivity index (χ2v) is 5.62. The summed E-state index contributed by atoms with van der Waals surface area (Å²) in [6.45, 7) is 2.35. The van der Waals surface area contributed by atoms with Crippen molar-refractivity contribution in [1.82, 2.24) is 5.32 Å². The van der Waals surface area contributed by atoms with Crippen molar-refractivity contribution in [3.05, 3.63) is 65.2 Å². The van der Waals surface area contributed by atoms with Crippen molar-refractivity contribution in [1.29, 1.82) is 5.26 Å². The van der Waals surface area contributed by atoms with E-state index >= 15 is 0 Å². The Balaban J connectivity index is 1.66. The van der Waals surface area contributed by atoms with Crippen LogP contribution in [-0.4, -0.2) is 18.3 Å². The van der Waals surface area contributed by atoms with E-state index in [2.05, 4.69) is 11.4 Å². The molecule has 0 bridgehead atoms. The normalized spacial score (nSPS) is 9.92. The third-order valence-electron chi connectivity index (χ3n) is 3.62. The van der Waals surface area contributed by atoms with Gasteiger partial charge in [0.05, 0.1) is 18.2 Å². The highest BCUT2D eigenvalue weighted by Gasteiger charge is 2.03. The Hall–Kier alpha value is -3.13. The van der Waals surface area contributed by atoms with Crippen LogP contribution in [0.25, 0.3) is 0 Å². The van der Waals surface area contributed by atoms with E-state index in [1.807, 2.05) is 6.07 Å². The van der Waals surface area contributed by atoms with E-state index < -0.39 is 0 Å². The molecule has 2 aromatic rings. The largest absolute Gasteiger partial charge is 0.494 e. The molecule has 0 radical (unpaired) electrons. The number of nitrogens with zero attached hydrogens (tertiary/aromatic N) is 1. The van der Waals surface area contributed by atoms with Crippen LogP contribution in [0.4, 0.5) is 0 Å². The Labute approximate surface area is 147 Å². The molecular weight excluding hydrogens is 316 g/mol. The maximum Gasteiger partial charge on any atom is 0.220 e. The molecule has 1 amide bonds. The van der Waals surface area contributed by atoms with Gasteiger partial charge >= 0.3 is 0 Å². The summed E-state index contributed by atoms with van der Waals surface area (Å²) >= 11 is 0. The molecule has 0 atom stereocenters. The number of ether oxygens (including phenoxy) is 1. The highest BCUT2D eigenvalue weighted by Crippen LogP contribution is 2.13. The average Bonchev–Trinajstić information content (AvgIpc) is 2.64. The Morgan fingerprint density at radius 2 is 1.92 bits per heavy atom. The Morgan fingerprint density at radius 3 is 2.60 bits per heavy atom. The van der Waals surface area contributed by atoms with Crippen LogP contribution in [0.15, 0.2) is 48.5 Å². The first-order valence-corrected chi connectivity index (χ1v) is 8.08. The fraction of sp³-hybridized carbons (Fsp3) is 0.250. The number of carbonyl (C=O) groups excluding carboxylic acids is 2. The number of hydrogen-bond donors (Lipinski definition) is 1. The van der Waals surface area contributed by atoms with Crippen molar-refractivity contribution in [2.75, 3.05) is 6.61 Å². The molecule has 2 aromatic carbocycles. The molecular formula is C20H20N2O3. The van der Waals surface area contributed by atoms with E-state index in [0.29, 0.717) is 42.9 Å². The zero-order valence-corrected chi connectivity index (χ0v) is 14.1. The lowest BCUT2D eigenvalue weighted by molar-refractivity contribution is -0.121. The van der Waals surface area contributed by atoms with Gasteiger partial charge in [-0.25, -0.2) is 0 Å². The quantitative estimate of drug-likeness (QED) is 0.593. The molecule has 0 aliphatic heterocycles. The summed E-state index contributed by atoms with van der Waals surface area (Å²) in [6, 6.07) is 16.2. The first-order chi connectivity index (χ1) is 12.1. The zero-order valence-electron chi connectivity index (χ0n) is 14.1. The lowest BCUT2D eigenvalue weighted by atomic mass is 10.1. The molecule has 0 spiro atoms. The van der Waals surface area contributed by atoms with Crippen LogP contribution in [0.5, 0.6) is 5.75 Å². The summed E-state index contributed by atoms with van der Waals surface area (Å²) in [7, 11) is 0. The molecule has 0 aliphatic carbocycles. The van der Waals surface area contributed by atoms with Crippen molar-refractivity contribution < 1.29 is 14.3 Å². The van der Waals surface area contributed by atoms with Gasteiger partial charge in [0.15, 0.2) is 5.78 Å². The highest BCUT2D eigenvalue weighted by molar-refractivity contribution is 5.94. The van der Waals surface area contributed by atoms with Crippen LogP contribution >= 0.6 is 0 Å². The van der Waals surface area contributed by atoms with E-state index in [4.69, 9.17) is 10.00 Å². The summed E-state index contributed by atoms with van der Waals surface area (Å²) in [5, 5.41) is 11.7. The second-order valence-electron chi connectivity index (χ2n) is 5.62. The highest BCUT2D eigenvalue weighted by atomic mass is 16.5. The third kappa shape index (κ3) is 6.11. The number of benzene rings is 2. The molecule has 0 saturated carbocycles. The third-order valence-corrected chi connectivity index (χ3v) is 3.62. The molecule has 1 N–H and O–H groups in total. The lowest BCUT2D eigenvalue weighted by Gasteiger charge is -2.08. The second kappa shape index (κ2) is 9.24. The van der Waals surface area contributed by atoms with Gasteiger partial charge in [-0.2, -0.15) is 5.26 Å². The van der Waals surface area contributed by atoms with Crippen molar-refractivity contribution in [3.63, 3.8) is 0 Å². The van der Waals surface area contributed by atoms with Gasteiger partial charge in [-0.05, 0) is 55.3 Å². The van der Waals surface area contributed by atoms with Gasteiger partial charge in [-0.3, -0.25) is 9.59 Å². The number of hydrogen-bond acceptors (Lipinski definition) is 4. The number of nitriles is 1. The molecule has 0 unspecified atom stereocenters. The number of ketones is 1. The van der Waals surface area contributed by atoms with Crippen molar-refractivity contribution in [2.45, 2.75) is 26.3 Å². The fourth-order valence-corrected chi connectivity index (χ4v) is 2.25. The summed E-state index contributed by atoms with van der Waals surface area (Å²) in [4.78, 5) is 23.0. The zero-order chi connectivity index (χ0) is 18.1. The maximum absolute atomic E-state index is 11.8. The van der Waals surface area contributed by atoms with E-state index in [9.17, 15) is 9.59 Å². The van der Waals surface area contributed by atoms with Gasteiger partial charge in [0, 0.05) is 18.5 Å². The standard InChI is InChI=1S/C20H20N2O3/c1-15(23)18-7-9-19(10-8-18)25-11-3-6-20(24)22-14-17-5-2-4-16(12-17)13-21/h2,4-5,7-10,12H,3,6,11,14H2,1H3,(H,22,24). The average molecular weight is 336 g/mol.